The molecule has 0 aliphatic carbocycles. The van der Waals surface area contributed by atoms with Crippen molar-refractivity contribution < 1.29 is 9.59 Å². The van der Waals surface area contributed by atoms with Gasteiger partial charge in [-0.05, 0) is 32.9 Å². The number of thiazole rings is 1. The Labute approximate surface area is 144 Å². The van der Waals surface area contributed by atoms with Crippen LogP contribution in [-0.4, -0.2) is 40.8 Å². The Hall–Kier alpha value is -2.41. The highest BCUT2D eigenvalue weighted by Gasteiger charge is 2.34. The molecule has 126 valence electrons. The van der Waals surface area contributed by atoms with Crippen LogP contribution in [0.25, 0.3) is 0 Å². The molecule has 6 nitrogen and oxygen atoms in total. The summed E-state index contributed by atoms with van der Waals surface area (Å²) in [7, 11) is 0. The average Bonchev–Trinajstić information content (AvgIpc) is 2.88. The molecule has 1 aromatic heterocycles. The van der Waals surface area contributed by atoms with Crippen molar-refractivity contribution in [2.45, 2.75) is 26.8 Å². The number of anilines is 2. The summed E-state index contributed by atoms with van der Waals surface area (Å²) in [5.41, 5.74) is 8.30. The van der Waals surface area contributed by atoms with E-state index < -0.39 is 0 Å². The van der Waals surface area contributed by atoms with Crippen molar-refractivity contribution in [3.63, 3.8) is 0 Å². The maximum absolute atomic E-state index is 12.7. The van der Waals surface area contributed by atoms with Gasteiger partial charge in [-0.25, -0.2) is 4.98 Å². The minimum Gasteiger partial charge on any atom is -0.375 e. The van der Waals surface area contributed by atoms with Crippen molar-refractivity contribution >= 4 is 34.0 Å². The highest BCUT2D eigenvalue weighted by molar-refractivity contribution is 7.17. The second-order valence-electron chi connectivity index (χ2n) is 6.09. The first-order valence-corrected chi connectivity index (χ1v) is 8.59. The largest absolute Gasteiger partial charge is 0.375 e. The summed E-state index contributed by atoms with van der Waals surface area (Å²) in [4.78, 5) is 33.3. The summed E-state index contributed by atoms with van der Waals surface area (Å²) in [5.74, 6) is -0.258. The number of nitrogens with two attached hydrogens (primary N) is 1. The number of nitrogens with zero attached hydrogens (tertiary/aromatic N) is 3. The fourth-order valence-electron chi connectivity index (χ4n) is 2.84. The standard InChI is InChI=1S/C17H20N4O2S/c1-10-4-6-13(7-5-10)21-8-11(2)20(9-14(21)22)16(23)15-12(3)19-17(18)24-15/h4-7,11H,8-9H2,1-3H3,(H2,18,19). The van der Waals surface area contributed by atoms with E-state index in [2.05, 4.69) is 4.98 Å². The van der Waals surface area contributed by atoms with Crippen molar-refractivity contribution in [3.8, 4) is 0 Å². The van der Waals surface area contributed by atoms with E-state index >= 15 is 0 Å². The van der Waals surface area contributed by atoms with Crippen LogP contribution in [0.15, 0.2) is 24.3 Å². The molecule has 0 radical (unpaired) electrons. The average molecular weight is 344 g/mol. The fourth-order valence-corrected chi connectivity index (χ4v) is 3.63. The van der Waals surface area contributed by atoms with Crippen LogP contribution in [0.4, 0.5) is 10.8 Å². The van der Waals surface area contributed by atoms with Gasteiger partial charge in [-0.1, -0.05) is 29.0 Å². The molecule has 7 heteroatoms. The Morgan fingerprint density at radius 1 is 1.29 bits per heavy atom. The molecule has 1 unspecified atom stereocenters. The maximum Gasteiger partial charge on any atom is 0.266 e. The van der Waals surface area contributed by atoms with Crippen molar-refractivity contribution in [1.82, 2.24) is 9.88 Å². The second kappa shape index (κ2) is 6.24. The zero-order valence-corrected chi connectivity index (χ0v) is 14.8. The summed E-state index contributed by atoms with van der Waals surface area (Å²) in [6.07, 6.45) is 0. The lowest BCUT2D eigenvalue weighted by Crippen LogP contribution is -2.57. The highest BCUT2D eigenvalue weighted by Crippen LogP contribution is 2.26. The van der Waals surface area contributed by atoms with Gasteiger partial charge in [0.05, 0.1) is 5.69 Å². The third-order valence-corrected chi connectivity index (χ3v) is 5.17. The molecule has 2 aromatic rings. The zero-order valence-electron chi connectivity index (χ0n) is 13.9. The third-order valence-electron chi connectivity index (χ3n) is 4.20. The molecule has 2 heterocycles. The number of hydrogen-bond donors (Lipinski definition) is 1. The molecule has 1 saturated heterocycles. The molecule has 0 bridgehead atoms. The van der Waals surface area contributed by atoms with Gasteiger partial charge in [-0.3, -0.25) is 9.59 Å². The predicted octanol–water partition coefficient (Wildman–Crippen LogP) is 2.22. The molecule has 3 rings (SSSR count). The number of aromatic nitrogens is 1. The molecule has 1 fully saturated rings. The van der Waals surface area contributed by atoms with E-state index in [0.717, 1.165) is 11.3 Å². The smallest absolute Gasteiger partial charge is 0.266 e. The van der Waals surface area contributed by atoms with Crippen LogP contribution >= 0.6 is 11.3 Å². The number of nitrogen functional groups attached to an aromatic ring is 1. The fraction of sp³-hybridized carbons (Fsp3) is 0.353. The van der Waals surface area contributed by atoms with Gasteiger partial charge in [0.15, 0.2) is 5.13 Å². The molecule has 1 aliphatic heterocycles. The Kier molecular flexibility index (Phi) is 4.28. The van der Waals surface area contributed by atoms with Crippen molar-refractivity contribution in [2.75, 3.05) is 23.7 Å². The van der Waals surface area contributed by atoms with Gasteiger partial charge in [0, 0.05) is 18.3 Å². The first kappa shape index (κ1) is 16.4. The van der Waals surface area contributed by atoms with E-state index in [0.29, 0.717) is 22.2 Å². The van der Waals surface area contributed by atoms with Crippen LogP contribution < -0.4 is 10.6 Å². The minimum absolute atomic E-state index is 0.0606. The number of piperazine rings is 1. The summed E-state index contributed by atoms with van der Waals surface area (Å²) in [6, 6.07) is 7.75. The topological polar surface area (TPSA) is 79.5 Å². The molecule has 2 amide bonds. The summed E-state index contributed by atoms with van der Waals surface area (Å²) in [5, 5.41) is 0.369. The van der Waals surface area contributed by atoms with Crippen LogP contribution in [0.1, 0.15) is 27.9 Å². The number of hydrogen-bond acceptors (Lipinski definition) is 5. The molecular weight excluding hydrogens is 324 g/mol. The number of aryl methyl sites for hydroxylation is 2. The van der Waals surface area contributed by atoms with E-state index in [1.165, 1.54) is 11.3 Å². The summed E-state index contributed by atoms with van der Waals surface area (Å²) >= 11 is 1.17. The number of amides is 2. The van der Waals surface area contributed by atoms with E-state index in [9.17, 15) is 9.59 Å². The number of carbonyl (C=O) groups excluding carboxylic acids is 2. The van der Waals surface area contributed by atoms with Gasteiger partial charge in [0.1, 0.15) is 11.4 Å². The van der Waals surface area contributed by atoms with Crippen LogP contribution in [0.3, 0.4) is 0 Å². The van der Waals surface area contributed by atoms with Crippen LogP contribution in [0.2, 0.25) is 0 Å². The monoisotopic (exact) mass is 344 g/mol. The van der Waals surface area contributed by atoms with E-state index in [1.54, 1.807) is 16.7 Å². The quantitative estimate of drug-likeness (QED) is 0.906. The number of carbonyl (C=O) groups is 2. The van der Waals surface area contributed by atoms with Crippen molar-refractivity contribution in [1.29, 1.82) is 0 Å². The van der Waals surface area contributed by atoms with Gasteiger partial charge < -0.3 is 15.5 Å². The van der Waals surface area contributed by atoms with Crippen LogP contribution in [0, 0.1) is 13.8 Å². The lowest BCUT2D eigenvalue weighted by molar-refractivity contribution is -0.121. The van der Waals surface area contributed by atoms with Gasteiger partial charge in [0.25, 0.3) is 5.91 Å². The molecular formula is C17H20N4O2S. The molecule has 1 atom stereocenters. The Morgan fingerprint density at radius 3 is 2.54 bits per heavy atom. The predicted molar refractivity (Wildman–Crippen MR) is 95.3 cm³/mol. The lowest BCUT2D eigenvalue weighted by Gasteiger charge is -2.39. The van der Waals surface area contributed by atoms with Crippen LogP contribution in [0.5, 0.6) is 0 Å². The minimum atomic E-state index is -0.175. The Balaban J connectivity index is 1.80. The molecule has 0 spiro atoms. The third kappa shape index (κ3) is 2.99. The van der Waals surface area contributed by atoms with Gasteiger partial charge >= 0.3 is 0 Å². The van der Waals surface area contributed by atoms with E-state index in [-0.39, 0.29) is 24.4 Å². The number of rotatable bonds is 2. The second-order valence-corrected chi connectivity index (χ2v) is 7.12. The molecule has 1 aromatic carbocycles. The molecule has 24 heavy (non-hydrogen) atoms. The normalized spacial score (nSPS) is 18.1. The van der Waals surface area contributed by atoms with Crippen molar-refractivity contribution in [2.24, 2.45) is 0 Å². The molecule has 2 N–H and O–H groups in total. The lowest BCUT2D eigenvalue weighted by atomic mass is 10.1. The maximum atomic E-state index is 12.7. The Morgan fingerprint density at radius 2 is 1.96 bits per heavy atom. The first-order chi connectivity index (χ1) is 11.4. The summed E-state index contributed by atoms with van der Waals surface area (Å²) < 4.78 is 0. The SMILES string of the molecule is Cc1ccc(N2CC(C)N(C(=O)c3sc(N)nc3C)CC2=O)cc1. The van der Waals surface area contributed by atoms with E-state index in [4.69, 9.17) is 5.73 Å². The van der Waals surface area contributed by atoms with Gasteiger partial charge in [-0.2, -0.15) is 0 Å². The van der Waals surface area contributed by atoms with Gasteiger partial charge in [0.2, 0.25) is 5.91 Å². The first-order valence-electron chi connectivity index (χ1n) is 7.77. The summed E-state index contributed by atoms with van der Waals surface area (Å²) in [6.45, 7) is 6.25. The Bertz CT molecular complexity index is 784. The van der Waals surface area contributed by atoms with E-state index in [1.807, 2.05) is 38.1 Å². The van der Waals surface area contributed by atoms with Gasteiger partial charge in [-0.15, -0.1) is 0 Å². The highest BCUT2D eigenvalue weighted by atomic mass is 32.1. The molecule has 0 saturated carbocycles. The van der Waals surface area contributed by atoms with Crippen molar-refractivity contribution in [3.05, 3.63) is 40.4 Å². The van der Waals surface area contributed by atoms with Crippen LogP contribution in [-0.2, 0) is 4.79 Å². The zero-order chi connectivity index (χ0) is 17.4. The molecule has 1 aliphatic rings. The number of benzene rings is 1.